The quantitative estimate of drug-likeness (QED) is 0.474. The maximum absolute atomic E-state index is 12.6. The summed E-state index contributed by atoms with van der Waals surface area (Å²) in [6, 6.07) is 16.4. The van der Waals surface area contributed by atoms with Crippen molar-refractivity contribution < 1.29 is 22.8 Å². The molecule has 1 aromatic heterocycles. The molecule has 0 unspecified atom stereocenters. The molecular weight excluding hydrogens is 391 g/mol. The van der Waals surface area contributed by atoms with E-state index in [1.54, 1.807) is 38.1 Å². The van der Waals surface area contributed by atoms with Crippen molar-refractivity contribution >= 4 is 19.5 Å². The first-order valence-corrected chi connectivity index (χ1v) is 11.0. The third-order valence-electron chi connectivity index (χ3n) is 4.04. The van der Waals surface area contributed by atoms with E-state index in [9.17, 15) is 9.36 Å². The van der Waals surface area contributed by atoms with Gasteiger partial charge in [-0.1, -0.05) is 42.5 Å². The van der Waals surface area contributed by atoms with Crippen LogP contribution >= 0.6 is 7.60 Å². The molecule has 7 nitrogen and oxygen atoms in total. The summed E-state index contributed by atoms with van der Waals surface area (Å²) in [6.45, 7) is 4.15. The van der Waals surface area contributed by atoms with Gasteiger partial charge in [-0.3, -0.25) is 14.7 Å². The summed E-state index contributed by atoms with van der Waals surface area (Å²) >= 11 is 0. The van der Waals surface area contributed by atoms with Gasteiger partial charge in [0.25, 0.3) is 5.91 Å². The van der Waals surface area contributed by atoms with E-state index in [1.165, 1.54) is 6.26 Å². The fourth-order valence-corrected chi connectivity index (χ4v) is 4.45. The zero-order valence-corrected chi connectivity index (χ0v) is 17.2. The first kappa shape index (κ1) is 21.0. The lowest BCUT2D eigenvalue weighted by atomic mass is 10.1. The molecule has 1 heterocycles. The molecule has 0 aliphatic carbocycles. The van der Waals surface area contributed by atoms with Gasteiger partial charge in [0.05, 0.1) is 19.4 Å². The maximum Gasteiger partial charge on any atom is 0.335 e. The highest BCUT2D eigenvalue weighted by molar-refractivity contribution is 7.53. The van der Waals surface area contributed by atoms with Gasteiger partial charge in [0, 0.05) is 11.1 Å². The van der Waals surface area contributed by atoms with Crippen LogP contribution in [0.2, 0.25) is 0 Å². The molecule has 29 heavy (non-hydrogen) atoms. The fourth-order valence-electron chi connectivity index (χ4n) is 2.75. The molecule has 0 aliphatic heterocycles. The van der Waals surface area contributed by atoms with E-state index in [0.717, 1.165) is 11.1 Å². The van der Waals surface area contributed by atoms with E-state index in [4.69, 9.17) is 13.5 Å². The second kappa shape index (κ2) is 9.65. The topological polar surface area (TPSA) is 90.7 Å². The Morgan fingerprint density at radius 3 is 2.31 bits per heavy atom. The SMILES string of the molecule is CCOP(=O)(Cc1ccc(C(=O)Nc2nc(-c3ccccc3)co2)cc1)OCC. The number of nitrogens with one attached hydrogen (secondary N) is 1. The monoisotopic (exact) mass is 414 g/mol. The summed E-state index contributed by atoms with van der Waals surface area (Å²) in [5, 5.41) is 2.64. The van der Waals surface area contributed by atoms with Gasteiger partial charge in [0.15, 0.2) is 0 Å². The summed E-state index contributed by atoms with van der Waals surface area (Å²) in [4.78, 5) is 16.7. The molecule has 3 rings (SSSR count). The van der Waals surface area contributed by atoms with Gasteiger partial charge in [-0.15, -0.1) is 0 Å². The number of hydrogen-bond acceptors (Lipinski definition) is 6. The zero-order valence-electron chi connectivity index (χ0n) is 16.3. The summed E-state index contributed by atoms with van der Waals surface area (Å²) in [5.74, 6) is -0.351. The molecule has 0 atom stereocenters. The van der Waals surface area contributed by atoms with Crippen molar-refractivity contribution in [1.82, 2.24) is 4.98 Å². The molecule has 0 radical (unpaired) electrons. The molecule has 0 fully saturated rings. The van der Waals surface area contributed by atoms with Crippen LogP contribution in [0.3, 0.4) is 0 Å². The van der Waals surface area contributed by atoms with E-state index in [-0.39, 0.29) is 18.1 Å². The summed E-state index contributed by atoms with van der Waals surface area (Å²) in [7, 11) is -3.19. The lowest BCUT2D eigenvalue weighted by Crippen LogP contribution is -2.12. The molecule has 1 N–H and O–H groups in total. The molecule has 0 bridgehead atoms. The molecular formula is C21H23N2O5P. The standard InChI is InChI=1S/C21H23N2O5P/c1-3-27-29(25,28-4-2)15-16-10-12-18(13-11-16)20(24)23-21-22-19(14-26-21)17-8-6-5-7-9-17/h5-14H,3-4,15H2,1-2H3,(H,22,23,24). The Morgan fingerprint density at radius 2 is 1.69 bits per heavy atom. The third-order valence-corrected chi connectivity index (χ3v) is 6.09. The molecule has 2 aromatic carbocycles. The van der Waals surface area contributed by atoms with Gasteiger partial charge in [0.1, 0.15) is 12.0 Å². The van der Waals surface area contributed by atoms with Crippen LogP contribution in [-0.4, -0.2) is 24.1 Å². The van der Waals surface area contributed by atoms with Crippen molar-refractivity contribution in [3.05, 3.63) is 72.0 Å². The predicted molar refractivity (Wildman–Crippen MR) is 111 cm³/mol. The van der Waals surface area contributed by atoms with Crippen LogP contribution in [-0.2, 0) is 19.8 Å². The van der Waals surface area contributed by atoms with Gasteiger partial charge in [-0.2, -0.15) is 4.98 Å². The summed E-state index contributed by atoms with van der Waals surface area (Å²) in [6.07, 6.45) is 1.64. The number of benzene rings is 2. The van der Waals surface area contributed by atoms with Gasteiger partial charge in [-0.05, 0) is 31.5 Å². The fraction of sp³-hybridized carbons (Fsp3) is 0.238. The third kappa shape index (κ3) is 5.64. The second-order valence-corrected chi connectivity index (χ2v) is 8.21. The summed E-state index contributed by atoms with van der Waals surface area (Å²) < 4.78 is 28.6. The Balaban J connectivity index is 1.65. The van der Waals surface area contributed by atoms with Gasteiger partial charge >= 0.3 is 13.6 Å². The Bertz CT molecular complexity index is 976. The van der Waals surface area contributed by atoms with Crippen molar-refractivity contribution in [3.63, 3.8) is 0 Å². The molecule has 152 valence electrons. The molecule has 0 saturated carbocycles. The number of anilines is 1. The maximum atomic E-state index is 12.6. The van der Waals surface area contributed by atoms with Crippen LogP contribution in [0.15, 0.2) is 65.3 Å². The van der Waals surface area contributed by atoms with Crippen molar-refractivity contribution in [1.29, 1.82) is 0 Å². The molecule has 3 aromatic rings. The average molecular weight is 414 g/mol. The zero-order chi connectivity index (χ0) is 20.7. The highest BCUT2D eigenvalue weighted by Crippen LogP contribution is 2.51. The Hall–Kier alpha value is -2.73. The Labute approximate surface area is 169 Å². The highest BCUT2D eigenvalue weighted by Gasteiger charge is 2.24. The van der Waals surface area contributed by atoms with Crippen molar-refractivity contribution in [2.45, 2.75) is 20.0 Å². The highest BCUT2D eigenvalue weighted by atomic mass is 31.2. The number of hydrogen-bond donors (Lipinski definition) is 1. The van der Waals surface area contributed by atoms with Crippen LogP contribution in [0, 0.1) is 0 Å². The largest absolute Gasteiger partial charge is 0.431 e. The number of carbonyl (C=O) groups is 1. The van der Waals surface area contributed by atoms with Gasteiger partial charge < -0.3 is 13.5 Å². The van der Waals surface area contributed by atoms with Crippen molar-refractivity contribution in [2.75, 3.05) is 18.5 Å². The Morgan fingerprint density at radius 1 is 1.03 bits per heavy atom. The Kier molecular flexibility index (Phi) is 6.99. The molecule has 0 saturated heterocycles. The van der Waals surface area contributed by atoms with E-state index in [1.807, 2.05) is 30.3 Å². The molecule has 8 heteroatoms. The second-order valence-electron chi connectivity index (χ2n) is 6.16. The smallest absolute Gasteiger partial charge is 0.335 e. The molecule has 1 amide bonds. The average Bonchev–Trinajstić information content (AvgIpc) is 3.18. The number of carbonyl (C=O) groups excluding carboxylic acids is 1. The van der Waals surface area contributed by atoms with Crippen LogP contribution < -0.4 is 5.32 Å². The lowest BCUT2D eigenvalue weighted by molar-refractivity contribution is 0.102. The first-order valence-electron chi connectivity index (χ1n) is 9.32. The molecule has 0 aliphatic rings. The van der Waals surface area contributed by atoms with E-state index < -0.39 is 7.60 Å². The number of aromatic nitrogens is 1. The number of rotatable bonds is 9. The van der Waals surface area contributed by atoms with E-state index in [2.05, 4.69) is 10.3 Å². The van der Waals surface area contributed by atoms with Crippen LogP contribution in [0.5, 0.6) is 0 Å². The number of nitrogens with zero attached hydrogens (tertiary/aromatic N) is 1. The van der Waals surface area contributed by atoms with Crippen LogP contribution in [0.1, 0.15) is 29.8 Å². The van der Waals surface area contributed by atoms with Crippen LogP contribution in [0.4, 0.5) is 6.01 Å². The predicted octanol–water partition coefficient (Wildman–Crippen LogP) is 5.36. The van der Waals surface area contributed by atoms with Crippen LogP contribution in [0.25, 0.3) is 11.3 Å². The van der Waals surface area contributed by atoms with E-state index in [0.29, 0.717) is 24.5 Å². The normalized spacial score (nSPS) is 11.4. The first-order chi connectivity index (χ1) is 14.0. The minimum atomic E-state index is -3.19. The van der Waals surface area contributed by atoms with Crippen molar-refractivity contribution in [2.24, 2.45) is 0 Å². The van der Waals surface area contributed by atoms with Gasteiger partial charge in [0.2, 0.25) is 0 Å². The van der Waals surface area contributed by atoms with Crippen molar-refractivity contribution in [3.8, 4) is 11.3 Å². The van der Waals surface area contributed by atoms with Gasteiger partial charge in [-0.25, -0.2) is 0 Å². The minimum absolute atomic E-state index is 0.120. The minimum Gasteiger partial charge on any atom is -0.431 e. The lowest BCUT2D eigenvalue weighted by Gasteiger charge is -2.17. The number of amides is 1. The molecule has 0 spiro atoms. The summed E-state index contributed by atoms with van der Waals surface area (Å²) in [5.41, 5.74) is 2.72. The van der Waals surface area contributed by atoms with E-state index >= 15 is 0 Å². The number of oxazole rings is 1.